The maximum atomic E-state index is 13.7. The van der Waals surface area contributed by atoms with Gasteiger partial charge in [-0.3, -0.25) is 14.6 Å². The molecule has 2 aliphatic rings. The molecule has 1 N–H and O–H groups in total. The maximum absolute atomic E-state index is 13.7. The number of ether oxygens (including phenoxy) is 1. The minimum absolute atomic E-state index is 0.143. The van der Waals surface area contributed by atoms with Crippen LogP contribution in [-0.2, 0) is 22.3 Å². The van der Waals surface area contributed by atoms with E-state index in [0.29, 0.717) is 23.4 Å². The molecule has 1 atom stereocenters. The Hall–Kier alpha value is -3.24. The van der Waals surface area contributed by atoms with Crippen molar-refractivity contribution >= 4 is 38.0 Å². The molecule has 1 fully saturated rings. The summed E-state index contributed by atoms with van der Waals surface area (Å²) in [5.41, 5.74) is 5.25. The fourth-order valence-corrected chi connectivity index (χ4v) is 7.31. The highest BCUT2D eigenvalue weighted by Gasteiger charge is 2.31. The lowest BCUT2D eigenvalue weighted by atomic mass is 9.91. The molecule has 0 saturated carbocycles. The number of hydrogen-bond donors (Lipinski definition) is 1. The normalized spacial score (nSPS) is 17.0. The van der Waals surface area contributed by atoms with E-state index in [4.69, 9.17) is 9.16 Å². The van der Waals surface area contributed by atoms with Gasteiger partial charge in [-0.1, -0.05) is 51.6 Å². The highest BCUT2D eigenvalue weighted by Crippen LogP contribution is 2.36. The van der Waals surface area contributed by atoms with Crippen LogP contribution in [0.1, 0.15) is 75.0 Å². The Labute approximate surface area is 270 Å². The number of piperazine rings is 1. The third kappa shape index (κ3) is 7.60. The second-order valence-corrected chi connectivity index (χ2v) is 17.3. The van der Waals surface area contributed by atoms with E-state index in [1.807, 2.05) is 45.0 Å². The number of benzene rings is 2. The molecule has 3 aromatic rings. The third-order valence-corrected chi connectivity index (χ3v) is 9.23. The first-order valence-electron chi connectivity index (χ1n) is 16.2. The van der Waals surface area contributed by atoms with Crippen LogP contribution in [0.4, 0.5) is 4.79 Å². The van der Waals surface area contributed by atoms with Crippen molar-refractivity contribution in [1.29, 1.82) is 0 Å². The van der Waals surface area contributed by atoms with Gasteiger partial charge in [-0.15, -0.1) is 0 Å². The van der Waals surface area contributed by atoms with Crippen molar-refractivity contribution in [1.82, 2.24) is 19.7 Å². The van der Waals surface area contributed by atoms with Crippen LogP contribution in [-0.4, -0.2) is 73.4 Å². The number of fused-ring (bicyclic) bond motifs is 2. The van der Waals surface area contributed by atoms with Crippen molar-refractivity contribution in [3.63, 3.8) is 0 Å². The van der Waals surface area contributed by atoms with Crippen molar-refractivity contribution in [3.05, 3.63) is 65.2 Å². The Balaban J connectivity index is 1.43. The summed E-state index contributed by atoms with van der Waals surface area (Å²) < 4.78 is 14.0. The summed E-state index contributed by atoms with van der Waals surface area (Å²) in [5, 5.41) is 3.89. The van der Waals surface area contributed by atoms with Crippen LogP contribution in [0.2, 0.25) is 13.1 Å². The van der Waals surface area contributed by atoms with E-state index in [2.05, 4.69) is 67.7 Å². The molecule has 1 unspecified atom stereocenters. The second kappa shape index (κ2) is 12.9. The molecule has 2 aliphatic heterocycles. The predicted octanol–water partition coefficient (Wildman–Crippen LogP) is 6.86. The number of nitrogens with zero attached hydrogens (tertiary/aromatic N) is 3. The van der Waals surface area contributed by atoms with Gasteiger partial charge < -0.3 is 14.5 Å². The number of hydrogen-bond acceptors (Lipinski definition) is 6. The zero-order chi connectivity index (χ0) is 32.7. The smallest absolute Gasteiger partial charge is 0.419 e. The fourth-order valence-electron chi connectivity index (χ4n) is 6.41. The first kappa shape index (κ1) is 33.1. The van der Waals surface area contributed by atoms with Crippen LogP contribution in [0, 0.1) is 5.41 Å². The van der Waals surface area contributed by atoms with E-state index in [1.165, 1.54) is 5.56 Å². The summed E-state index contributed by atoms with van der Waals surface area (Å²) in [5.74, 6) is -0.143. The molecule has 1 amide bonds. The Morgan fingerprint density at radius 2 is 1.76 bits per heavy atom. The average Bonchev–Trinajstić information content (AvgIpc) is 3.51. The van der Waals surface area contributed by atoms with Crippen LogP contribution in [0.15, 0.2) is 43.0 Å². The van der Waals surface area contributed by atoms with Crippen LogP contribution < -0.4 is 5.32 Å². The van der Waals surface area contributed by atoms with Crippen LogP contribution in [0.5, 0.6) is 0 Å². The number of aromatic nitrogens is 1. The first-order valence-corrected chi connectivity index (χ1v) is 19.0. The minimum atomic E-state index is -1.16. The molecule has 0 radical (unpaired) electrons. The van der Waals surface area contributed by atoms with Crippen molar-refractivity contribution < 1.29 is 18.8 Å². The van der Waals surface area contributed by atoms with Gasteiger partial charge in [0.15, 0.2) is 9.04 Å². The topological polar surface area (TPSA) is 76.0 Å². The zero-order valence-corrected chi connectivity index (χ0v) is 29.5. The number of rotatable bonds is 8. The summed E-state index contributed by atoms with van der Waals surface area (Å²) in [6.07, 6.45) is 2.52. The summed E-state index contributed by atoms with van der Waals surface area (Å²) in [6, 6.07) is 12.2. The zero-order valence-electron chi connectivity index (χ0n) is 28.3. The number of carbonyl (C=O) groups is 2. The van der Waals surface area contributed by atoms with Gasteiger partial charge in [-0.2, -0.15) is 0 Å². The van der Waals surface area contributed by atoms with E-state index in [0.717, 1.165) is 61.2 Å². The molecule has 0 aliphatic carbocycles. The van der Waals surface area contributed by atoms with Gasteiger partial charge in [-0.05, 0) is 80.6 Å². The Morgan fingerprint density at radius 1 is 1.04 bits per heavy atom. The number of nitrogens with one attached hydrogen (secondary N) is 1. The lowest BCUT2D eigenvalue weighted by Gasteiger charge is -2.41. The molecule has 0 bridgehead atoms. The molecular weight excluding hydrogens is 581 g/mol. The maximum Gasteiger partial charge on any atom is 0.419 e. The molecule has 3 heterocycles. The molecule has 0 spiro atoms. The van der Waals surface area contributed by atoms with Gasteiger partial charge in [0.2, 0.25) is 0 Å². The lowest BCUT2D eigenvalue weighted by Crippen LogP contribution is -2.52. The van der Waals surface area contributed by atoms with Crippen LogP contribution >= 0.6 is 0 Å². The summed E-state index contributed by atoms with van der Waals surface area (Å²) in [7, 11) is -1.16. The predicted molar refractivity (Wildman–Crippen MR) is 185 cm³/mol. The van der Waals surface area contributed by atoms with E-state index in [-0.39, 0.29) is 17.6 Å². The van der Waals surface area contributed by atoms with Crippen LogP contribution in [0.3, 0.4) is 0 Å². The van der Waals surface area contributed by atoms with Crippen molar-refractivity contribution in [2.75, 3.05) is 26.2 Å². The van der Waals surface area contributed by atoms with E-state index in [9.17, 15) is 9.59 Å². The molecular formula is C36H50N4O4Si. The average molecular weight is 631 g/mol. The minimum Gasteiger partial charge on any atom is -0.443 e. The monoisotopic (exact) mass is 630 g/mol. The van der Waals surface area contributed by atoms with Gasteiger partial charge in [0, 0.05) is 50.2 Å². The number of carbonyl (C=O) groups excluding carboxylic acids is 2. The molecule has 8 nitrogen and oxygen atoms in total. The molecule has 1 saturated heterocycles. The van der Waals surface area contributed by atoms with Gasteiger partial charge in [-0.25, -0.2) is 9.36 Å². The summed E-state index contributed by atoms with van der Waals surface area (Å²) in [4.78, 5) is 31.7. The second-order valence-electron chi connectivity index (χ2n) is 14.9. The van der Waals surface area contributed by atoms with Gasteiger partial charge in [0.05, 0.1) is 23.0 Å². The number of amides is 1. The van der Waals surface area contributed by atoms with Gasteiger partial charge in [0.25, 0.3) is 5.91 Å². The quantitative estimate of drug-likeness (QED) is 0.274. The lowest BCUT2D eigenvalue weighted by molar-refractivity contribution is -0.0321. The van der Waals surface area contributed by atoms with Crippen molar-refractivity contribution in [3.8, 4) is 11.3 Å². The third-order valence-electron chi connectivity index (χ3n) is 8.38. The molecule has 5 rings (SSSR count). The SMILES string of the molecule is C=Cc1ccc(-c2cc3cc(CN4CCN(C(CC(C)(C)C)O[SiH](C)C)CC4)ccc3n2C(=O)OC(C)(C)C)c2c1CNC2=O. The summed E-state index contributed by atoms with van der Waals surface area (Å²) >= 11 is 0. The fraction of sp³-hybridized carbons (Fsp3) is 0.500. The molecule has 1 aromatic heterocycles. The molecule has 2 aromatic carbocycles. The Morgan fingerprint density at radius 3 is 2.38 bits per heavy atom. The van der Waals surface area contributed by atoms with E-state index < -0.39 is 20.7 Å². The molecule has 45 heavy (non-hydrogen) atoms. The Bertz CT molecular complexity index is 1590. The van der Waals surface area contributed by atoms with Gasteiger partial charge in [0.1, 0.15) is 5.60 Å². The van der Waals surface area contributed by atoms with Crippen molar-refractivity contribution in [2.45, 2.75) is 86.0 Å². The van der Waals surface area contributed by atoms with Gasteiger partial charge >= 0.3 is 6.09 Å². The standard InChI is InChI=1S/C36H50N4O4Si/c1-10-25-12-13-27(32-28(25)22-37-33(32)41)30-20-26-19-24(11-14-29(26)40(30)34(42)43-36(5,6)7)23-38-15-17-39(18-16-38)31(44-45(8)9)21-35(2,3)4/h10-14,19-20,31,45H,1,15-18,21-23H2,2-9H3,(H,37,41). The highest BCUT2D eigenvalue weighted by atomic mass is 28.3. The van der Waals surface area contributed by atoms with E-state index in [1.54, 1.807) is 10.6 Å². The van der Waals surface area contributed by atoms with E-state index >= 15 is 0 Å². The summed E-state index contributed by atoms with van der Waals surface area (Å²) in [6.45, 7) is 26.1. The first-order chi connectivity index (χ1) is 21.1. The van der Waals surface area contributed by atoms with Crippen molar-refractivity contribution in [2.24, 2.45) is 5.41 Å². The highest BCUT2D eigenvalue weighted by molar-refractivity contribution is 6.48. The molecule has 242 valence electrons. The Kier molecular flexibility index (Phi) is 9.47. The molecule has 9 heteroatoms. The largest absolute Gasteiger partial charge is 0.443 e. The van der Waals surface area contributed by atoms with Crippen LogP contribution in [0.25, 0.3) is 28.2 Å².